The van der Waals surface area contributed by atoms with E-state index < -0.39 is 206 Å². The fourth-order valence-corrected chi connectivity index (χ4v) is 16.4. The van der Waals surface area contributed by atoms with Crippen molar-refractivity contribution < 1.29 is 124 Å². The predicted octanol–water partition coefficient (Wildman–Crippen LogP) is -2.97. The van der Waals surface area contributed by atoms with E-state index in [2.05, 4.69) is 40.7 Å². The number of carboxylic acids is 1. The molecule has 4 heterocycles. The number of hydrogen-bond donors (Lipinski definition) is 15. The minimum absolute atomic E-state index is 0.0459. The number of fused-ring (bicyclic) bond motifs is 7. The normalized spacial score (nSPS) is 53.5. The van der Waals surface area contributed by atoms with Gasteiger partial charge in [-0.25, -0.2) is 0 Å². The summed E-state index contributed by atoms with van der Waals surface area (Å²) in [6, 6.07) is 0. The van der Waals surface area contributed by atoms with E-state index in [9.17, 15) is 81.4 Å². The van der Waals surface area contributed by atoms with Crippen molar-refractivity contribution in [3.8, 4) is 0 Å². The molecule has 25 heteroatoms. The summed E-state index contributed by atoms with van der Waals surface area (Å²) in [4.78, 5) is 29.2. The van der Waals surface area contributed by atoms with E-state index in [1.807, 2.05) is 0 Å². The van der Waals surface area contributed by atoms with Crippen molar-refractivity contribution in [2.24, 2.45) is 50.2 Å². The van der Waals surface area contributed by atoms with Crippen LogP contribution in [0, 0.1) is 50.2 Å². The van der Waals surface area contributed by atoms with Gasteiger partial charge in [0.1, 0.15) is 97.7 Å². The highest BCUT2D eigenvalue weighted by atomic mass is 16.8. The maximum absolute atomic E-state index is 15.5. The Hall–Kier alpha value is -2.16. The van der Waals surface area contributed by atoms with Crippen LogP contribution in [-0.2, 0) is 47.5 Å². The van der Waals surface area contributed by atoms with Crippen molar-refractivity contribution in [2.45, 2.75) is 235 Å². The summed E-state index contributed by atoms with van der Waals surface area (Å²) in [5, 5.41) is 160. The Morgan fingerprint density at radius 1 is 0.557 bits per heavy atom. The predicted molar refractivity (Wildman–Crippen MR) is 265 cm³/mol. The second kappa shape index (κ2) is 22.4. The number of carbonyl (C=O) groups excluding carboxylic acids is 1. The number of carbonyl (C=O) groups is 2. The quantitative estimate of drug-likeness (QED) is 0.0497. The van der Waals surface area contributed by atoms with E-state index in [0.717, 1.165) is 5.57 Å². The highest BCUT2D eigenvalue weighted by molar-refractivity contribution is 5.79. The molecule has 0 radical (unpaired) electrons. The van der Waals surface area contributed by atoms with Crippen LogP contribution < -0.4 is 0 Å². The van der Waals surface area contributed by atoms with E-state index in [-0.39, 0.29) is 17.8 Å². The number of aliphatic hydroxyl groups is 14. The number of allylic oxidation sites excluding steroid dienone is 2. The molecule has 29 unspecified atom stereocenters. The second-order valence-electron chi connectivity index (χ2n) is 26.1. The van der Waals surface area contributed by atoms with Crippen LogP contribution in [0.4, 0.5) is 0 Å². The van der Waals surface area contributed by atoms with Crippen LogP contribution >= 0.6 is 0 Å². The van der Waals surface area contributed by atoms with Gasteiger partial charge in [-0.1, -0.05) is 46.3 Å². The van der Waals surface area contributed by atoms with Crippen molar-refractivity contribution >= 4 is 11.9 Å². The van der Waals surface area contributed by atoms with Gasteiger partial charge >= 0.3 is 11.9 Å². The summed E-state index contributed by atoms with van der Waals surface area (Å²) in [5.74, 6) is -2.67. The minimum Gasteiger partial charge on any atom is -0.481 e. The highest BCUT2D eigenvalue weighted by Crippen LogP contribution is 2.76. The summed E-state index contributed by atoms with van der Waals surface area (Å²) in [5.41, 5.74) is -3.34. The number of aliphatic hydroxyl groups excluding tert-OH is 14. The molecular formula is C54H86O25. The molecule has 25 nitrogen and oxygen atoms in total. The van der Waals surface area contributed by atoms with Gasteiger partial charge in [0, 0.05) is 0 Å². The third-order valence-electron chi connectivity index (χ3n) is 21.5. The number of aliphatic carboxylic acids is 1. The molecule has 29 atom stereocenters. The van der Waals surface area contributed by atoms with Crippen molar-refractivity contribution in [2.75, 3.05) is 26.4 Å². The second-order valence-corrected chi connectivity index (χ2v) is 26.1. The standard InChI is InChI=1S/C54H86O25/c1-49(2)13-15-54(48(71)79-46-41(68)42(78-45-40(67)37(64)33(60)26(20-57)75-45)34(61)27(76-46)21-72-43-38(65)35(62)31(58)24(18-55)73-43)16-14-51(4)22(23(54)17-49)7-8-28-50(3)11-10-30(53(6,47(69)70)29(50)9-12-52(28,51)5)77-44-39(66)36(63)32(59)25(19-56)74-44/h7,23-46,55-68H,8-21H2,1-6H3,(H,69,70). The van der Waals surface area contributed by atoms with Crippen molar-refractivity contribution in [1.29, 1.82) is 0 Å². The molecule has 9 rings (SSSR count). The van der Waals surface area contributed by atoms with Gasteiger partial charge in [0.15, 0.2) is 18.9 Å². The Morgan fingerprint density at radius 3 is 1.63 bits per heavy atom. The molecule has 9 aliphatic rings. The third kappa shape index (κ3) is 9.95. The van der Waals surface area contributed by atoms with Gasteiger partial charge in [-0.05, 0) is 111 Å². The van der Waals surface area contributed by atoms with Crippen LogP contribution in [0.1, 0.15) is 106 Å². The van der Waals surface area contributed by atoms with Crippen LogP contribution in [0.5, 0.6) is 0 Å². The van der Waals surface area contributed by atoms with E-state index >= 15 is 4.79 Å². The third-order valence-corrected chi connectivity index (χ3v) is 21.5. The smallest absolute Gasteiger partial charge is 0.315 e. The van der Waals surface area contributed by atoms with Crippen LogP contribution in [0.3, 0.4) is 0 Å². The maximum atomic E-state index is 15.5. The molecule has 4 aliphatic heterocycles. The minimum atomic E-state index is -2.03. The number of carboxylic acid groups (broad SMARTS) is 1. The first-order valence-electron chi connectivity index (χ1n) is 28.0. The van der Waals surface area contributed by atoms with Crippen molar-refractivity contribution in [3.05, 3.63) is 11.6 Å². The van der Waals surface area contributed by atoms with Crippen LogP contribution in [0.15, 0.2) is 11.6 Å². The Labute approximate surface area is 457 Å². The number of esters is 1. The average molecular weight is 1140 g/mol. The Balaban J connectivity index is 0.992. The van der Waals surface area contributed by atoms with E-state index in [0.29, 0.717) is 57.8 Å². The summed E-state index contributed by atoms with van der Waals surface area (Å²) in [7, 11) is 0. The fourth-order valence-electron chi connectivity index (χ4n) is 16.4. The molecule has 4 saturated carbocycles. The van der Waals surface area contributed by atoms with Crippen LogP contribution in [-0.4, -0.2) is 244 Å². The molecule has 0 aromatic heterocycles. The zero-order valence-electron chi connectivity index (χ0n) is 45.6. The molecule has 0 spiro atoms. The largest absolute Gasteiger partial charge is 0.481 e. The average Bonchev–Trinajstić information content (AvgIpc) is 2.92. The van der Waals surface area contributed by atoms with E-state index in [1.165, 1.54) is 0 Å². The molecule has 0 aromatic rings. The van der Waals surface area contributed by atoms with Gasteiger partial charge in [0.05, 0.1) is 43.4 Å². The highest BCUT2D eigenvalue weighted by Gasteiger charge is 2.72. The lowest BCUT2D eigenvalue weighted by molar-refractivity contribution is -0.363. The maximum Gasteiger partial charge on any atom is 0.315 e. The first-order chi connectivity index (χ1) is 37.0. The molecular weight excluding hydrogens is 1050 g/mol. The summed E-state index contributed by atoms with van der Waals surface area (Å²) in [6.45, 7) is 9.63. The van der Waals surface area contributed by atoms with Crippen LogP contribution in [0.2, 0.25) is 0 Å². The molecule has 15 N–H and O–H groups in total. The van der Waals surface area contributed by atoms with Gasteiger partial charge in [0.2, 0.25) is 6.29 Å². The SMILES string of the molecule is CC1(C)CCC2(C(=O)OC3OC(COC4OC(CO)C(O)C(O)C4O)C(O)C(OC4OC(CO)C(O)C(O)C4O)C3O)CCC3(C)C(=CCC4C5(C)CCC(OC6OC(CO)C(O)C(O)C6O)C(C)(C(=O)O)C5CCC43C)C2C1. The molecule has 79 heavy (non-hydrogen) atoms. The Morgan fingerprint density at radius 2 is 1.08 bits per heavy atom. The Bertz CT molecular complexity index is 2220. The van der Waals surface area contributed by atoms with E-state index in [4.69, 9.17) is 37.9 Å². The van der Waals surface area contributed by atoms with Gasteiger partial charge in [0.25, 0.3) is 0 Å². The summed E-state index contributed by atoms with van der Waals surface area (Å²) >= 11 is 0. The lowest BCUT2D eigenvalue weighted by Crippen LogP contribution is -2.68. The first-order valence-corrected chi connectivity index (χ1v) is 28.0. The molecule has 0 bridgehead atoms. The molecule has 8 fully saturated rings. The monoisotopic (exact) mass is 1130 g/mol. The zero-order valence-corrected chi connectivity index (χ0v) is 45.6. The van der Waals surface area contributed by atoms with Gasteiger partial charge in [-0.2, -0.15) is 0 Å². The topological polar surface area (TPSA) is 411 Å². The van der Waals surface area contributed by atoms with Gasteiger partial charge < -0.3 is 114 Å². The molecule has 5 aliphatic carbocycles. The lowest BCUT2D eigenvalue weighted by atomic mass is 9.33. The van der Waals surface area contributed by atoms with Crippen LogP contribution in [0.25, 0.3) is 0 Å². The Kier molecular flexibility index (Phi) is 17.4. The number of rotatable bonds is 13. The summed E-state index contributed by atoms with van der Waals surface area (Å²) < 4.78 is 47.2. The lowest BCUT2D eigenvalue weighted by Gasteiger charge is -2.71. The summed E-state index contributed by atoms with van der Waals surface area (Å²) in [6.07, 6.45) is -28.5. The molecule has 0 amide bonds. The zero-order chi connectivity index (χ0) is 57.9. The van der Waals surface area contributed by atoms with Gasteiger partial charge in [-0.3, -0.25) is 9.59 Å². The van der Waals surface area contributed by atoms with Crippen molar-refractivity contribution in [3.63, 3.8) is 0 Å². The van der Waals surface area contributed by atoms with E-state index in [1.54, 1.807) is 6.92 Å². The molecule has 452 valence electrons. The number of ether oxygens (including phenoxy) is 8. The first kappa shape index (κ1) is 61.4. The fraction of sp³-hybridized carbons (Fsp3) is 0.926. The molecule has 4 saturated heterocycles. The van der Waals surface area contributed by atoms with Crippen molar-refractivity contribution in [1.82, 2.24) is 0 Å². The molecule has 0 aromatic carbocycles. The van der Waals surface area contributed by atoms with Gasteiger partial charge in [-0.15, -0.1) is 0 Å². The number of hydrogen-bond acceptors (Lipinski definition) is 24.